The lowest BCUT2D eigenvalue weighted by molar-refractivity contribution is 0.619. The van der Waals surface area contributed by atoms with Gasteiger partial charge in [0.15, 0.2) is 0 Å². The third-order valence-corrected chi connectivity index (χ3v) is 3.66. The van der Waals surface area contributed by atoms with Crippen molar-refractivity contribution in [1.82, 2.24) is 9.97 Å². The molecule has 0 spiro atoms. The number of halogens is 2. The summed E-state index contributed by atoms with van der Waals surface area (Å²) in [6.45, 7) is 0. The van der Waals surface area contributed by atoms with Crippen LogP contribution in [-0.2, 0) is 6.42 Å². The average molecular weight is 333 g/mol. The molecule has 0 aliphatic rings. The van der Waals surface area contributed by atoms with Gasteiger partial charge in [0.1, 0.15) is 11.6 Å². The summed E-state index contributed by atoms with van der Waals surface area (Å²) in [5.74, 6) is 0.195. The molecule has 2 aromatic carbocycles. The maximum atomic E-state index is 13.5. The topological polar surface area (TPSA) is 45.8 Å². The summed E-state index contributed by atoms with van der Waals surface area (Å²) < 4.78 is 13.9. The predicted octanol–water partition coefficient (Wildman–Crippen LogP) is 3.42. The molecule has 0 fully saturated rings. The van der Waals surface area contributed by atoms with Crippen LogP contribution in [0.1, 0.15) is 11.4 Å². The largest absolute Gasteiger partial charge is 0.310 e. The maximum Gasteiger partial charge on any atom is 0.258 e. The first-order chi connectivity index (χ1) is 9.63. The summed E-state index contributed by atoms with van der Waals surface area (Å²) in [4.78, 5) is 19.1. The van der Waals surface area contributed by atoms with Crippen LogP contribution in [0.15, 0.2) is 51.7 Å². The molecule has 5 heteroatoms. The lowest BCUT2D eigenvalue weighted by atomic mass is 10.1. The van der Waals surface area contributed by atoms with E-state index in [0.29, 0.717) is 27.6 Å². The highest BCUT2D eigenvalue weighted by molar-refractivity contribution is 9.10. The molecular formula is C15H10BrFN2O. The molecule has 20 heavy (non-hydrogen) atoms. The first-order valence-electron chi connectivity index (χ1n) is 6.05. The molecule has 0 saturated carbocycles. The van der Waals surface area contributed by atoms with E-state index in [1.54, 1.807) is 30.3 Å². The zero-order chi connectivity index (χ0) is 14.1. The van der Waals surface area contributed by atoms with Gasteiger partial charge in [0.25, 0.3) is 5.56 Å². The molecule has 0 unspecified atom stereocenters. The van der Waals surface area contributed by atoms with Gasteiger partial charge < -0.3 is 4.98 Å². The third kappa shape index (κ3) is 2.49. The molecule has 100 valence electrons. The number of H-pyrrole nitrogens is 1. The van der Waals surface area contributed by atoms with Gasteiger partial charge in [0.2, 0.25) is 0 Å². The van der Waals surface area contributed by atoms with E-state index in [-0.39, 0.29) is 11.4 Å². The van der Waals surface area contributed by atoms with Gasteiger partial charge in [-0.2, -0.15) is 0 Å². The van der Waals surface area contributed by atoms with E-state index >= 15 is 0 Å². The summed E-state index contributed by atoms with van der Waals surface area (Å²) in [5.41, 5.74) is 1.22. The maximum absolute atomic E-state index is 13.5. The Morgan fingerprint density at radius 1 is 1.20 bits per heavy atom. The standard InChI is InChI=1S/C15H10BrFN2O/c16-11-6-5-9(7-12(11)17)8-14-18-13-4-2-1-3-10(13)15(20)19-14/h1-7H,8H2,(H,18,19,20). The highest BCUT2D eigenvalue weighted by Gasteiger charge is 2.06. The molecule has 0 amide bonds. The number of aromatic nitrogens is 2. The predicted molar refractivity (Wildman–Crippen MR) is 79.3 cm³/mol. The van der Waals surface area contributed by atoms with Crippen LogP contribution < -0.4 is 5.56 Å². The summed E-state index contributed by atoms with van der Waals surface area (Å²) in [5, 5.41) is 0.554. The second kappa shape index (κ2) is 5.17. The SMILES string of the molecule is O=c1[nH]c(Cc2ccc(Br)c(F)c2)nc2ccccc12. The van der Waals surface area contributed by atoms with Crippen LogP contribution in [-0.4, -0.2) is 9.97 Å². The lowest BCUT2D eigenvalue weighted by Gasteiger charge is -2.04. The van der Waals surface area contributed by atoms with Crippen molar-refractivity contribution in [3.8, 4) is 0 Å². The van der Waals surface area contributed by atoms with Crippen molar-refractivity contribution in [2.24, 2.45) is 0 Å². The van der Waals surface area contributed by atoms with Crippen molar-refractivity contribution < 1.29 is 4.39 Å². The Hall–Kier alpha value is -2.01. The molecule has 3 aromatic rings. The Labute approximate surface area is 122 Å². The van der Waals surface area contributed by atoms with Crippen molar-refractivity contribution in [1.29, 1.82) is 0 Å². The van der Waals surface area contributed by atoms with E-state index in [9.17, 15) is 9.18 Å². The number of hydrogen-bond donors (Lipinski definition) is 1. The van der Waals surface area contributed by atoms with Crippen molar-refractivity contribution in [2.75, 3.05) is 0 Å². The zero-order valence-electron chi connectivity index (χ0n) is 10.4. The molecule has 0 aliphatic carbocycles. The third-order valence-electron chi connectivity index (χ3n) is 3.02. The van der Waals surface area contributed by atoms with Gasteiger partial charge in [-0.25, -0.2) is 9.37 Å². The molecule has 3 rings (SSSR count). The zero-order valence-corrected chi connectivity index (χ0v) is 11.9. The van der Waals surface area contributed by atoms with Gasteiger partial charge in [-0.05, 0) is 45.8 Å². The molecule has 0 saturated heterocycles. The quantitative estimate of drug-likeness (QED) is 0.781. The number of aromatic amines is 1. The number of nitrogens with one attached hydrogen (secondary N) is 1. The van der Waals surface area contributed by atoms with Crippen LogP contribution in [0.25, 0.3) is 10.9 Å². The van der Waals surface area contributed by atoms with Gasteiger partial charge in [-0.1, -0.05) is 18.2 Å². The molecule has 1 N–H and O–H groups in total. The highest BCUT2D eigenvalue weighted by Crippen LogP contribution is 2.18. The van der Waals surface area contributed by atoms with E-state index in [2.05, 4.69) is 25.9 Å². The molecule has 0 bridgehead atoms. The minimum Gasteiger partial charge on any atom is -0.310 e. The summed E-state index contributed by atoms with van der Waals surface area (Å²) >= 11 is 3.11. The molecule has 1 heterocycles. The summed E-state index contributed by atoms with van der Waals surface area (Å²) in [6.07, 6.45) is 0.379. The molecule has 1 aromatic heterocycles. The average Bonchev–Trinajstić information content (AvgIpc) is 2.43. The van der Waals surface area contributed by atoms with Crippen LogP contribution in [0.3, 0.4) is 0 Å². The van der Waals surface area contributed by atoms with Crippen LogP contribution in [0, 0.1) is 5.82 Å². The van der Waals surface area contributed by atoms with Crippen molar-refractivity contribution in [3.63, 3.8) is 0 Å². The van der Waals surface area contributed by atoms with Gasteiger partial charge in [-0.3, -0.25) is 4.79 Å². The van der Waals surface area contributed by atoms with E-state index in [0.717, 1.165) is 5.56 Å². The van der Waals surface area contributed by atoms with Crippen molar-refractivity contribution in [3.05, 3.63) is 74.5 Å². The summed E-state index contributed by atoms with van der Waals surface area (Å²) in [7, 11) is 0. The smallest absolute Gasteiger partial charge is 0.258 e. The Morgan fingerprint density at radius 3 is 2.80 bits per heavy atom. The Kier molecular flexibility index (Phi) is 3.36. The molecule has 0 radical (unpaired) electrons. The number of benzene rings is 2. The second-order valence-corrected chi connectivity index (χ2v) is 5.31. The fourth-order valence-corrected chi connectivity index (χ4v) is 2.31. The van der Waals surface area contributed by atoms with E-state index in [4.69, 9.17) is 0 Å². The summed E-state index contributed by atoms with van der Waals surface area (Å²) in [6, 6.07) is 12.0. The lowest BCUT2D eigenvalue weighted by Crippen LogP contribution is -2.12. The van der Waals surface area contributed by atoms with Crippen molar-refractivity contribution >= 4 is 26.8 Å². The van der Waals surface area contributed by atoms with Crippen LogP contribution in [0.5, 0.6) is 0 Å². The molecule has 3 nitrogen and oxygen atoms in total. The van der Waals surface area contributed by atoms with Crippen molar-refractivity contribution in [2.45, 2.75) is 6.42 Å². The fraction of sp³-hybridized carbons (Fsp3) is 0.0667. The van der Waals surface area contributed by atoms with Gasteiger partial charge >= 0.3 is 0 Å². The number of rotatable bonds is 2. The molecular weight excluding hydrogens is 323 g/mol. The van der Waals surface area contributed by atoms with E-state index in [1.165, 1.54) is 6.07 Å². The minimum absolute atomic E-state index is 0.178. The first-order valence-corrected chi connectivity index (χ1v) is 6.84. The molecule has 0 aliphatic heterocycles. The fourth-order valence-electron chi connectivity index (χ4n) is 2.06. The highest BCUT2D eigenvalue weighted by atomic mass is 79.9. The Bertz CT molecular complexity index is 845. The number of hydrogen-bond acceptors (Lipinski definition) is 2. The minimum atomic E-state index is -0.328. The normalized spacial score (nSPS) is 10.9. The van der Waals surface area contributed by atoms with Crippen LogP contribution >= 0.6 is 15.9 Å². The second-order valence-electron chi connectivity index (χ2n) is 4.46. The number of nitrogens with zero attached hydrogens (tertiary/aromatic N) is 1. The van der Waals surface area contributed by atoms with E-state index < -0.39 is 0 Å². The van der Waals surface area contributed by atoms with Gasteiger partial charge in [0, 0.05) is 6.42 Å². The number of fused-ring (bicyclic) bond motifs is 1. The monoisotopic (exact) mass is 332 g/mol. The van der Waals surface area contributed by atoms with Crippen LogP contribution in [0.2, 0.25) is 0 Å². The van der Waals surface area contributed by atoms with Crippen LogP contribution in [0.4, 0.5) is 4.39 Å². The Balaban J connectivity index is 2.02. The van der Waals surface area contributed by atoms with Gasteiger partial charge in [-0.15, -0.1) is 0 Å². The van der Waals surface area contributed by atoms with Gasteiger partial charge in [0.05, 0.1) is 15.4 Å². The Morgan fingerprint density at radius 2 is 2.00 bits per heavy atom. The molecule has 0 atom stereocenters. The number of para-hydroxylation sites is 1. The first kappa shape index (κ1) is 13.0. The van der Waals surface area contributed by atoms with E-state index in [1.807, 2.05) is 6.07 Å².